The summed E-state index contributed by atoms with van der Waals surface area (Å²) in [6.07, 6.45) is 4.47. The lowest BCUT2D eigenvalue weighted by molar-refractivity contribution is 0.112. The largest absolute Gasteiger partial charge is 0.335 e. The molecule has 0 unspecified atom stereocenters. The third-order valence-corrected chi connectivity index (χ3v) is 5.88. The van der Waals surface area contributed by atoms with Gasteiger partial charge in [0, 0.05) is 24.7 Å². The Hall–Kier alpha value is -2.04. The Morgan fingerprint density at radius 3 is 2.35 bits per heavy atom. The minimum atomic E-state index is -0.168. The van der Waals surface area contributed by atoms with Gasteiger partial charge in [0.2, 0.25) is 0 Å². The van der Waals surface area contributed by atoms with E-state index < -0.39 is 0 Å². The fraction of sp³-hybridized carbons (Fsp3) is 0.381. The number of benzene rings is 2. The molecule has 5 heteroatoms. The van der Waals surface area contributed by atoms with Gasteiger partial charge in [0.1, 0.15) is 0 Å². The number of para-hydroxylation sites is 1. The SMILES string of the molecule is O=C(Nc1ccccc1Cl)NC1C[C@@H]2CC[C@@H](C1)N2Cc1ccccc1. The zero-order valence-electron chi connectivity index (χ0n) is 14.7. The molecule has 0 saturated carbocycles. The van der Waals surface area contributed by atoms with Crippen LogP contribution in [0.3, 0.4) is 0 Å². The second-order valence-corrected chi connectivity index (χ2v) is 7.70. The van der Waals surface area contributed by atoms with Gasteiger partial charge in [0.25, 0.3) is 0 Å². The first-order valence-corrected chi connectivity index (χ1v) is 9.68. The second-order valence-electron chi connectivity index (χ2n) is 7.29. The van der Waals surface area contributed by atoms with Crippen molar-refractivity contribution in [2.24, 2.45) is 0 Å². The van der Waals surface area contributed by atoms with Crippen molar-refractivity contribution in [3.63, 3.8) is 0 Å². The van der Waals surface area contributed by atoms with Crippen molar-refractivity contribution in [1.82, 2.24) is 10.2 Å². The fourth-order valence-electron chi connectivity index (χ4n) is 4.35. The van der Waals surface area contributed by atoms with Gasteiger partial charge in [-0.15, -0.1) is 0 Å². The van der Waals surface area contributed by atoms with E-state index in [0.717, 1.165) is 19.4 Å². The van der Waals surface area contributed by atoms with Crippen molar-refractivity contribution in [3.8, 4) is 0 Å². The number of hydrogen-bond donors (Lipinski definition) is 2. The van der Waals surface area contributed by atoms with Crippen molar-refractivity contribution in [1.29, 1.82) is 0 Å². The summed E-state index contributed by atoms with van der Waals surface area (Å²) in [6.45, 7) is 1.01. The molecule has 136 valence electrons. The van der Waals surface area contributed by atoms with Gasteiger partial charge >= 0.3 is 6.03 Å². The predicted octanol–water partition coefficient (Wildman–Crippen LogP) is 4.66. The maximum atomic E-state index is 12.3. The molecule has 2 heterocycles. The topological polar surface area (TPSA) is 44.4 Å². The Bertz CT molecular complexity index is 753. The molecule has 2 amide bonds. The highest BCUT2D eigenvalue weighted by atomic mass is 35.5. The first-order valence-electron chi connectivity index (χ1n) is 9.31. The highest BCUT2D eigenvalue weighted by molar-refractivity contribution is 6.33. The van der Waals surface area contributed by atoms with Gasteiger partial charge in [-0.3, -0.25) is 4.90 Å². The number of rotatable bonds is 4. The Balaban J connectivity index is 1.34. The van der Waals surface area contributed by atoms with Crippen LogP contribution in [0.1, 0.15) is 31.2 Å². The van der Waals surface area contributed by atoms with E-state index in [9.17, 15) is 4.79 Å². The maximum Gasteiger partial charge on any atom is 0.319 e. The van der Waals surface area contributed by atoms with Crippen LogP contribution in [-0.2, 0) is 6.54 Å². The summed E-state index contributed by atoms with van der Waals surface area (Å²) in [7, 11) is 0. The Morgan fingerprint density at radius 2 is 1.65 bits per heavy atom. The zero-order chi connectivity index (χ0) is 17.9. The van der Waals surface area contributed by atoms with Crippen LogP contribution >= 0.6 is 11.6 Å². The number of hydrogen-bond acceptors (Lipinski definition) is 2. The predicted molar refractivity (Wildman–Crippen MR) is 105 cm³/mol. The van der Waals surface area contributed by atoms with Crippen molar-refractivity contribution < 1.29 is 4.79 Å². The molecule has 2 fully saturated rings. The molecule has 0 spiro atoms. The number of amides is 2. The lowest BCUT2D eigenvalue weighted by Gasteiger charge is -2.39. The average Bonchev–Trinajstić information content (AvgIpc) is 2.87. The number of urea groups is 1. The molecule has 0 aliphatic carbocycles. The van der Waals surface area contributed by atoms with E-state index in [2.05, 4.69) is 45.9 Å². The summed E-state index contributed by atoms with van der Waals surface area (Å²) in [6, 6.07) is 19.1. The summed E-state index contributed by atoms with van der Waals surface area (Å²) in [5.74, 6) is 0. The fourth-order valence-corrected chi connectivity index (χ4v) is 4.53. The van der Waals surface area contributed by atoms with Gasteiger partial charge in [-0.05, 0) is 43.4 Å². The van der Waals surface area contributed by atoms with Crippen molar-refractivity contribution in [2.45, 2.75) is 50.4 Å². The molecule has 2 atom stereocenters. The van der Waals surface area contributed by atoms with Crippen LogP contribution in [0.25, 0.3) is 0 Å². The molecular weight excluding hydrogens is 346 g/mol. The highest BCUT2D eigenvalue weighted by Crippen LogP contribution is 2.36. The Morgan fingerprint density at radius 1 is 1.00 bits per heavy atom. The van der Waals surface area contributed by atoms with E-state index in [1.807, 2.05) is 18.2 Å². The number of nitrogens with one attached hydrogen (secondary N) is 2. The Labute approximate surface area is 159 Å². The standard InChI is InChI=1S/C21H24ClN3O/c22-19-8-4-5-9-20(19)24-21(26)23-16-12-17-10-11-18(13-16)25(17)14-15-6-2-1-3-7-15/h1-9,16-18H,10-14H2,(H2,23,24,26)/t17-,18-/m0/s1. The van der Waals surface area contributed by atoms with Gasteiger partial charge in [-0.2, -0.15) is 0 Å². The monoisotopic (exact) mass is 369 g/mol. The lowest BCUT2D eigenvalue weighted by atomic mass is 9.96. The smallest absolute Gasteiger partial charge is 0.319 e. The molecule has 4 rings (SSSR count). The zero-order valence-corrected chi connectivity index (χ0v) is 15.5. The summed E-state index contributed by atoms with van der Waals surface area (Å²) in [5, 5.41) is 6.56. The highest BCUT2D eigenvalue weighted by Gasteiger charge is 2.40. The van der Waals surface area contributed by atoms with Crippen LogP contribution in [0.4, 0.5) is 10.5 Å². The van der Waals surface area contributed by atoms with Gasteiger partial charge in [0.05, 0.1) is 10.7 Å². The van der Waals surface area contributed by atoms with Crippen LogP contribution < -0.4 is 10.6 Å². The summed E-state index contributed by atoms with van der Waals surface area (Å²) >= 11 is 6.11. The van der Waals surface area contributed by atoms with Crippen LogP contribution in [0, 0.1) is 0 Å². The molecule has 2 aromatic rings. The molecule has 2 bridgehead atoms. The summed E-state index contributed by atoms with van der Waals surface area (Å²) in [4.78, 5) is 15.0. The molecule has 2 saturated heterocycles. The van der Waals surface area contributed by atoms with Gasteiger partial charge in [0.15, 0.2) is 0 Å². The molecule has 26 heavy (non-hydrogen) atoms. The number of fused-ring (bicyclic) bond motifs is 2. The molecule has 0 radical (unpaired) electrons. The number of halogens is 1. The molecule has 2 aliphatic rings. The van der Waals surface area contributed by atoms with Crippen LogP contribution in [-0.4, -0.2) is 29.1 Å². The minimum absolute atomic E-state index is 0.168. The third kappa shape index (κ3) is 3.87. The van der Waals surface area contributed by atoms with Gasteiger partial charge in [-0.1, -0.05) is 54.1 Å². The Kier molecular flexibility index (Phi) is 5.14. The molecule has 2 N–H and O–H groups in total. The molecular formula is C21H24ClN3O. The van der Waals surface area contributed by atoms with E-state index in [-0.39, 0.29) is 12.1 Å². The molecule has 0 aromatic heterocycles. The van der Waals surface area contributed by atoms with E-state index in [1.54, 1.807) is 6.07 Å². The number of carbonyl (C=O) groups excluding carboxylic acids is 1. The number of anilines is 1. The van der Waals surface area contributed by atoms with E-state index in [0.29, 0.717) is 22.8 Å². The molecule has 2 aromatic carbocycles. The quantitative estimate of drug-likeness (QED) is 0.823. The van der Waals surface area contributed by atoms with Crippen LogP contribution in [0.15, 0.2) is 54.6 Å². The van der Waals surface area contributed by atoms with Crippen LogP contribution in [0.5, 0.6) is 0 Å². The number of nitrogens with zero attached hydrogens (tertiary/aromatic N) is 1. The van der Waals surface area contributed by atoms with Crippen molar-refractivity contribution >= 4 is 23.3 Å². The van der Waals surface area contributed by atoms with Gasteiger partial charge < -0.3 is 10.6 Å². The second kappa shape index (κ2) is 7.68. The maximum absolute atomic E-state index is 12.3. The average molecular weight is 370 g/mol. The third-order valence-electron chi connectivity index (χ3n) is 5.55. The van der Waals surface area contributed by atoms with Crippen molar-refractivity contribution in [3.05, 3.63) is 65.2 Å². The lowest BCUT2D eigenvalue weighted by Crippen LogP contribution is -2.50. The van der Waals surface area contributed by atoms with E-state index >= 15 is 0 Å². The first kappa shape index (κ1) is 17.4. The summed E-state index contributed by atoms with van der Waals surface area (Å²) in [5.41, 5.74) is 2.02. The van der Waals surface area contributed by atoms with Gasteiger partial charge in [-0.25, -0.2) is 4.79 Å². The van der Waals surface area contributed by atoms with E-state index in [4.69, 9.17) is 11.6 Å². The summed E-state index contributed by atoms with van der Waals surface area (Å²) < 4.78 is 0. The van der Waals surface area contributed by atoms with E-state index in [1.165, 1.54) is 18.4 Å². The first-order chi connectivity index (χ1) is 12.7. The minimum Gasteiger partial charge on any atom is -0.335 e. The normalized spacial score (nSPS) is 25.0. The van der Waals surface area contributed by atoms with Crippen LogP contribution in [0.2, 0.25) is 5.02 Å². The molecule has 4 nitrogen and oxygen atoms in total. The molecule has 2 aliphatic heterocycles. The van der Waals surface area contributed by atoms with Crippen molar-refractivity contribution in [2.75, 3.05) is 5.32 Å². The number of piperidine rings is 1. The number of carbonyl (C=O) groups is 1.